The molecule has 0 aliphatic heterocycles. The molecule has 0 aliphatic rings. The summed E-state index contributed by atoms with van der Waals surface area (Å²) >= 11 is 0. The lowest BCUT2D eigenvalue weighted by molar-refractivity contribution is 0.319. The van der Waals surface area contributed by atoms with Gasteiger partial charge in [0, 0.05) is 30.7 Å². The fraction of sp³-hybridized carbons (Fsp3) is 0.312. The van der Waals surface area contributed by atoms with Crippen molar-refractivity contribution in [3.8, 4) is 5.75 Å². The Kier molecular flexibility index (Phi) is 4.82. The molecule has 4 nitrogen and oxygen atoms in total. The molecule has 0 radical (unpaired) electrons. The number of nitrogens with one attached hydrogen (secondary N) is 1. The molecule has 106 valence electrons. The first-order chi connectivity index (χ1) is 9.70. The topological polar surface area (TPSA) is 60.2 Å². The van der Waals surface area contributed by atoms with E-state index in [2.05, 4.69) is 24.1 Å². The van der Waals surface area contributed by atoms with Gasteiger partial charge >= 0.3 is 0 Å². The van der Waals surface area contributed by atoms with E-state index < -0.39 is 0 Å². The summed E-state index contributed by atoms with van der Waals surface area (Å²) in [6.07, 6.45) is 4.64. The van der Waals surface area contributed by atoms with Crippen LogP contribution >= 0.6 is 0 Å². The molecular formula is C16H21N3O. The number of pyridine rings is 1. The Bertz CT molecular complexity index is 569. The van der Waals surface area contributed by atoms with Gasteiger partial charge in [0.25, 0.3) is 0 Å². The molecule has 4 heteroatoms. The third-order valence-corrected chi connectivity index (χ3v) is 3.09. The van der Waals surface area contributed by atoms with Gasteiger partial charge in [-0.2, -0.15) is 0 Å². The normalized spacial score (nSPS) is 10.3. The maximum absolute atomic E-state index is 5.90. The lowest BCUT2D eigenvalue weighted by Gasteiger charge is -2.12. The molecule has 0 fully saturated rings. The van der Waals surface area contributed by atoms with Crippen molar-refractivity contribution in [3.05, 3.63) is 47.8 Å². The van der Waals surface area contributed by atoms with E-state index in [9.17, 15) is 0 Å². The predicted octanol–water partition coefficient (Wildman–Crippen LogP) is 3.37. The second-order valence-electron chi connectivity index (χ2n) is 4.76. The molecule has 0 bridgehead atoms. The van der Waals surface area contributed by atoms with E-state index in [4.69, 9.17) is 10.5 Å². The number of hydrogen-bond acceptors (Lipinski definition) is 4. The van der Waals surface area contributed by atoms with Crippen molar-refractivity contribution >= 4 is 11.4 Å². The van der Waals surface area contributed by atoms with Gasteiger partial charge in [-0.1, -0.05) is 6.92 Å². The summed E-state index contributed by atoms with van der Waals surface area (Å²) in [4.78, 5) is 4.10. The highest BCUT2D eigenvalue weighted by Gasteiger charge is 2.03. The first kappa shape index (κ1) is 14.2. The largest absolute Gasteiger partial charge is 0.491 e. The number of rotatable bonds is 6. The Labute approximate surface area is 120 Å². The maximum atomic E-state index is 5.90. The van der Waals surface area contributed by atoms with E-state index in [-0.39, 0.29) is 0 Å². The summed E-state index contributed by atoms with van der Waals surface area (Å²) in [5.74, 6) is 0.739. The molecule has 0 saturated heterocycles. The van der Waals surface area contributed by atoms with Crippen LogP contribution in [0.25, 0.3) is 0 Å². The smallest absolute Gasteiger partial charge is 0.144 e. The molecule has 20 heavy (non-hydrogen) atoms. The molecule has 1 heterocycles. The molecule has 0 unspecified atom stereocenters. The van der Waals surface area contributed by atoms with E-state index in [0.717, 1.165) is 24.4 Å². The third-order valence-electron chi connectivity index (χ3n) is 3.09. The molecule has 1 aromatic carbocycles. The monoisotopic (exact) mass is 271 g/mol. The first-order valence-electron chi connectivity index (χ1n) is 6.86. The number of aryl methyl sites for hydroxylation is 1. The number of aromatic nitrogens is 1. The summed E-state index contributed by atoms with van der Waals surface area (Å²) in [6.45, 7) is 5.57. The molecule has 0 atom stereocenters. The Balaban J connectivity index is 2.04. The van der Waals surface area contributed by atoms with Crippen molar-refractivity contribution in [1.29, 1.82) is 0 Å². The van der Waals surface area contributed by atoms with E-state index in [1.807, 2.05) is 36.7 Å². The highest BCUT2D eigenvalue weighted by atomic mass is 16.5. The highest BCUT2D eigenvalue weighted by molar-refractivity contribution is 5.61. The van der Waals surface area contributed by atoms with Crippen molar-refractivity contribution in [2.24, 2.45) is 0 Å². The standard InChI is InChI=1S/C16H21N3O/c1-3-8-20-16-9-14(4-5-15(16)17)19-11-13-6-7-18-10-12(13)2/h4-7,9-10,19H,3,8,11,17H2,1-2H3. The predicted molar refractivity (Wildman–Crippen MR) is 82.9 cm³/mol. The lowest BCUT2D eigenvalue weighted by atomic mass is 10.1. The molecule has 3 N–H and O–H groups in total. The molecule has 2 rings (SSSR count). The van der Waals surface area contributed by atoms with Crippen LogP contribution in [0.3, 0.4) is 0 Å². The minimum atomic E-state index is 0.670. The quantitative estimate of drug-likeness (QED) is 0.791. The van der Waals surface area contributed by atoms with Crippen LogP contribution in [0.4, 0.5) is 11.4 Å². The molecule has 0 aliphatic carbocycles. The fourth-order valence-corrected chi connectivity index (χ4v) is 1.88. The van der Waals surface area contributed by atoms with Gasteiger partial charge in [0.15, 0.2) is 0 Å². The van der Waals surface area contributed by atoms with E-state index in [1.54, 1.807) is 0 Å². The fourth-order valence-electron chi connectivity index (χ4n) is 1.88. The van der Waals surface area contributed by atoms with Crippen molar-refractivity contribution < 1.29 is 4.74 Å². The van der Waals surface area contributed by atoms with Gasteiger partial charge in [-0.25, -0.2) is 0 Å². The van der Waals surface area contributed by atoms with Crippen LogP contribution in [0, 0.1) is 6.92 Å². The average Bonchev–Trinajstić information content (AvgIpc) is 2.46. The Morgan fingerprint density at radius 2 is 2.15 bits per heavy atom. The number of nitrogen functional groups attached to an aromatic ring is 1. The summed E-state index contributed by atoms with van der Waals surface area (Å²) in [7, 11) is 0. The van der Waals surface area contributed by atoms with Crippen LogP contribution in [0.1, 0.15) is 24.5 Å². The minimum absolute atomic E-state index is 0.670. The SMILES string of the molecule is CCCOc1cc(NCc2ccncc2C)ccc1N. The number of nitrogens with two attached hydrogens (primary N) is 1. The van der Waals surface area contributed by atoms with Gasteiger partial charge in [-0.15, -0.1) is 0 Å². The Morgan fingerprint density at radius 3 is 2.90 bits per heavy atom. The Hall–Kier alpha value is -2.23. The summed E-state index contributed by atoms with van der Waals surface area (Å²) in [5.41, 5.74) is 9.98. The van der Waals surface area contributed by atoms with Gasteiger partial charge in [-0.05, 0) is 42.7 Å². The van der Waals surface area contributed by atoms with Crippen LogP contribution in [-0.2, 0) is 6.54 Å². The summed E-state index contributed by atoms with van der Waals surface area (Å²) < 4.78 is 5.63. The van der Waals surface area contributed by atoms with Crippen molar-refractivity contribution in [1.82, 2.24) is 4.98 Å². The second kappa shape index (κ2) is 6.80. The van der Waals surface area contributed by atoms with E-state index in [0.29, 0.717) is 12.3 Å². The number of hydrogen-bond donors (Lipinski definition) is 2. The summed E-state index contributed by atoms with van der Waals surface area (Å²) in [6, 6.07) is 7.80. The third kappa shape index (κ3) is 3.63. The molecule has 0 spiro atoms. The zero-order valence-electron chi connectivity index (χ0n) is 12.0. The van der Waals surface area contributed by atoms with Gasteiger partial charge < -0.3 is 15.8 Å². The van der Waals surface area contributed by atoms with Crippen LogP contribution in [0.5, 0.6) is 5.75 Å². The zero-order chi connectivity index (χ0) is 14.4. The highest BCUT2D eigenvalue weighted by Crippen LogP contribution is 2.26. The van der Waals surface area contributed by atoms with Gasteiger partial charge in [0.2, 0.25) is 0 Å². The molecule has 0 amide bonds. The number of nitrogens with zero attached hydrogens (tertiary/aromatic N) is 1. The van der Waals surface area contributed by atoms with Gasteiger partial charge in [0.1, 0.15) is 5.75 Å². The Morgan fingerprint density at radius 1 is 1.30 bits per heavy atom. The number of benzene rings is 1. The molecule has 1 aromatic heterocycles. The van der Waals surface area contributed by atoms with Crippen LogP contribution in [0.15, 0.2) is 36.7 Å². The van der Waals surface area contributed by atoms with E-state index >= 15 is 0 Å². The van der Waals surface area contributed by atoms with Gasteiger partial charge in [0.05, 0.1) is 12.3 Å². The second-order valence-corrected chi connectivity index (χ2v) is 4.76. The molecule has 0 saturated carbocycles. The maximum Gasteiger partial charge on any atom is 0.144 e. The first-order valence-corrected chi connectivity index (χ1v) is 6.86. The van der Waals surface area contributed by atoms with Crippen LogP contribution in [0.2, 0.25) is 0 Å². The van der Waals surface area contributed by atoms with E-state index in [1.165, 1.54) is 11.1 Å². The average molecular weight is 271 g/mol. The van der Waals surface area contributed by atoms with Crippen molar-refractivity contribution in [2.45, 2.75) is 26.8 Å². The lowest BCUT2D eigenvalue weighted by Crippen LogP contribution is -2.03. The van der Waals surface area contributed by atoms with Crippen molar-refractivity contribution in [3.63, 3.8) is 0 Å². The van der Waals surface area contributed by atoms with Crippen LogP contribution in [-0.4, -0.2) is 11.6 Å². The van der Waals surface area contributed by atoms with Gasteiger partial charge in [-0.3, -0.25) is 4.98 Å². The summed E-state index contributed by atoms with van der Waals surface area (Å²) in [5, 5.41) is 3.38. The van der Waals surface area contributed by atoms with Crippen molar-refractivity contribution in [2.75, 3.05) is 17.7 Å². The number of anilines is 2. The minimum Gasteiger partial charge on any atom is -0.491 e. The molecular weight excluding hydrogens is 250 g/mol. The van der Waals surface area contributed by atoms with Crippen LogP contribution < -0.4 is 15.8 Å². The molecule has 2 aromatic rings. The number of ether oxygens (including phenoxy) is 1. The zero-order valence-corrected chi connectivity index (χ0v) is 12.0.